The van der Waals surface area contributed by atoms with Crippen LogP contribution in [0.4, 0.5) is 4.79 Å². The van der Waals surface area contributed by atoms with Gasteiger partial charge in [0.05, 0.1) is 15.5 Å². The second kappa shape index (κ2) is 6.18. The Hall–Kier alpha value is -2.51. The molecule has 1 saturated heterocycles. The van der Waals surface area contributed by atoms with Crippen LogP contribution in [0.3, 0.4) is 0 Å². The second-order valence-corrected chi connectivity index (χ2v) is 6.34. The Morgan fingerprint density at radius 3 is 2.67 bits per heavy atom. The summed E-state index contributed by atoms with van der Waals surface area (Å²) in [6.45, 7) is 0. The van der Waals surface area contributed by atoms with E-state index in [1.807, 2.05) is 0 Å². The molecule has 0 atom stereocenters. The summed E-state index contributed by atoms with van der Waals surface area (Å²) in [7, 11) is 1.41. The Balaban J connectivity index is 1.95. The van der Waals surface area contributed by atoms with Crippen molar-refractivity contribution in [3.63, 3.8) is 0 Å². The summed E-state index contributed by atoms with van der Waals surface area (Å²) in [5, 5.41) is 9.05. The number of carboxylic acids is 1. The molecule has 0 radical (unpaired) electrons. The highest BCUT2D eigenvalue weighted by molar-refractivity contribution is 8.18. The highest BCUT2D eigenvalue weighted by Crippen LogP contribution is 2.34. The summed E-state index contributed by atoms with van der Waals surface area (Å²) in [5.74, 6) is -0.740. The van der Waals surface area contributed by atoms with Crippen LogP contribution in [0.15, 0.2) is 39.7 Å². The van der Waals surface area contributed by atoms with Gasteiger partial charge in [0, 0.05) is 18.7 Å². The van der Waals surface area contributed by atoms with Crippen molar-refractivity contribution in [1.82, 2.24) is 4.90 Å². The van der Waals surface area contributed by atoms with Crippen molar-refractivity contribution in [3.8, 4) is 11.3 Å². The van der Waals surface area contributed by atoms with E-state index >= 15 is 0 Å². The van der Waals surface area contributed by atoms with Crippen LogP contribution in [0.2, 0.25) is 5.02 Å². The molecule has 24 heavy (non-hydrogen) atoms. The van der Waals surface area contributed by atoms with Crippen LogP contribution in [0.5, 0.6) is 0 Å². The summed E-state index contributed by atoms with van der Waals surface area (Å²) in [6, 6.07) is 7.52. The smallest absolute Gasteiger partial charge is 0.335 e. The van der Waals surface area contributed by atoms with Gasteiger partial charge in [-0.25, -0.2) is 4.79 Å². The fraction of sp³-hybridized carbons (Fsp3) is 0.0625. The van der Waals surface area contributed by atoms with E-state index in [2.05, 4.69) is 0 Å². The third-order valence-electron chi connectivity index (χ3n) is 3.37. The third-order valence-corrected chi connectivity index (χ3v) is 4.66. The number of hydrogen-bond acceptors (Lipinski definition) is 5. The number of likely N-dealkylation sites (N-methyl/N-ethyl adjacent to an activating group) is 1. The third kappa shape index (κ3) is 2.95. The molecule has 1 aromatic heterocycles. The molecule has 3 rings (SSSR count). The molecule has 1 aliphatic rings. The van der Waals surface area contributed by atoms with E-state index in [9.17, 15) is 14.4 Å². The molecule has 0 bridgehead atoms. The van der Waals surface area contributed by atoms with Crippen molar-refractivity contribution in [3.05, 3.63) is 51.6 Å². The zero-order valence-electron chi connectivity index (χ0n) is 12.3. The lowest BCUT2D eigenvalue weighted by atomic mass is 10.1. The monoisotopic (exact) mass is 363 g/mol. The predicted octanol–water partition coefficient (Wildman–Crippen LogP) is 3.96. The van der Waals surface area contributed by atoms with Crippen molar-refractivity contribution in [2.45, 2.75) is 0 Å². The lowest BCUT2D eigenvalue weighted by molar-refractivity contribution is -0.121. The fourth-order valence-corrected chi connectivity index (χ4v) is 3.12. The van der Waals surface area contributed by atoms with Gasteiger partial charge in [-0.05, 0) is 42.1 Å². The standard InChI is InChI=1S/C16H10ClNO5S/c1-18-14(19)13(24-16(18)22)7-9-3-5-12(23-9)10-6-8(15(20)21)2-4-11(10)17/h2-7H,1H3,(H,20,21)/b13-7-. The number of carboxylic acid groups (broad SMARTS) is 1. The van der Waals surface area contributed by atoms with E-state index in [1.54, 1.807) is 12.1 Å². The van der Waals surface area contributed by atoms with Crippen LogP contribution in [0.1, 0.15) is 16.1 Å². The van der Waals surface area contributed by atoms with Crippen LogP contribution >= 0.6 is 23.4 Å². The lowest BCUT2D eigenvalue weighted by Gasteiger charge is -2.02. The average Bonchev–Trinajstić information content (AvgIpc) is 3.09. The van der Waals surface area contributed by atoms with E-state index in [-0.39, 0.29) is 15.7 Å². The molecular formula is C16H10ClNO5S. The highest BCUT2D eigenvalue weighted by atomic mass is 35.5. The lowest BCUT2D eigenvalue weighted by Crippen LogP contribution is -2.22. The van der Waals surface area contributed by atoms with Crippen molar-refractivity contribution in [1.29, 1.82) is 0 Å². The first kappa shape index (κ1) is 16.4. The van der Waals surface area contributed by atoms with E-state index in [0.29, 0.717) is 22.1 Å². The van der Waals surface area contributed by atoms with Crippen molar-refractivity contribution >= 4 is 46.6 Å². The van der Waals surface area contributed by atoms with Crippen molar-refractivity contribution < 1.29 is 23.9 Å². The normalized spacial score (nSPS) is 16.2. The molecule has 2 heterocycles. The molecule has 0 aliphatic carbocycles. The summed E-state index contributed by atoms with van der Waals surface area (Å²) in [6.07, 6.45) is 1.47. The molecule has 1 aromatic carbocycles. The second-order valence-electron chi connectivity index (χ2n) is 4.94. The van der Waals surface area contributed by atoms with Crippen LogP contribution in [-0.2, 0) is 4.79 Å². The highest BCUT2D eigenvalue weighted by Gasteiger charge is 2.32. The van der Waals surface area contributed by atoms with E-state index in [0.717, 1.165) is 16.7 Å². The van der Waals surface area contributed by atoms with Crippen LogP contribution in [0.25, 0.3) is 17.4 Å². The van der Waals surface area contributed by atoms with Gasteiger partial charge in [0.1, 0.15) is 11.5 Å². The van der Waals surface area contributed by atoms with Gasteiger partial charge in [-0.2, -0.15) is 0 Å². The predicted molar refractivity (Wildman–Crippen MR) is 89.8 cm³/mol. The number of imide groups is 1. The van der Waals surface area contributed by atoms with Gasteiger partial charge in [-0.1, -0.05) is 11.6 Å². The molecule has 0 unspecified atom stereocenters. The number of thioether (sulfide) groups is 1. The molecule has 2 amide bonds. The summed E-state index contributed by atoms with van der Waals surface area (Å²) < 4.78 is 5.62. The van der Waals surface area contributed by atoms with Gasteiger partial charge in [0.15, 0.2) is 0 Å². The number of nitrogens with zero attached hydrogens (tertiary/aromatic N) is 1. The molecule has 1 N–H and O–H groups in total. The van der Waals surface area contributed by atoms with E-state index in [4.69, 9.17) is 21.1 Å². The topological polar surface area (TPSA) is 87.8 Å². The summed E-state index contributed by atoms with van der Waals surface area (Å²) in [4.78, 5) is 35.7. The molecule has 8 heteroatoms. The minimum absolute atomic E-state index is 0.0828. The van der Waals surface area contributed by atoms with Crippen molar-refractivity contribution in [2.75, 3.05) is 7.05 Å². The number of halogens is 1. The molecule has 2 aromatic rings. The Morgan fingerprint density at radius 1 is 1.29 bits per heavy atom. The maximum absolute atomic E-state index is 11.9. The molecule has 122 valence electrons. The molecule has 0 saturated carbocycles. The van der Waals surface area contributed by atoms with Crippen LogP contribution in [-0.4, -0.2) is 34.2 Å². The molecular weight excluding hydrogens is 354 g/mol. The van der Waals surface area contributed by atoms with Gasteiger partial charge in [-0.15, -0.1) is 0 Å². The number of carbonyl (C=O) groups is 3. The SMILES string of the molecule is CN1C(=O)S/C(=C\c2ccc(-c3cc(C(=O)O)ccc3Cl)o2)C1=O. The quantitative estimate of drug-likeness (QED) is 0.830. The minimum atomic E-state index is -1.07. The fourth-order valence-electron chi connectivity index (χ4n) is 2.10. The number of amides is 2. The number of aromatic carboxylic acids is 1. The Bertz CT molecular complexity index is 902. The van der Waals surface area contributed by atoms with Gasteiger partial charge in [0.25, 0.3) is 11.1 Å². The van der Waals surface area contributed by atoms with Crippen molar-refractivity contribution in [2.24, 2.45) is 0 Å². The van der Waals surface area contributed by atoms with Gasteiger partial charge >= 0.3 is 5.97 Å². The number of hydrogen-bond donors (Lipinski definition) is 1. The molecule has 0 spiro atoms. The minimum Gasteiger partial charge on any atom is -0.478 e. The Morgan fingerprint density at radius 2 is 2.04 bits per heavy atom. The van der Waals surface area contributed by atoms with E-state index in [1.165, 1.54) is 31.3 Å². The summed E-state index contributed by atoms with van der Waals surface area (Å²) >= 11 is 6.92. The maximum Gasteiger partial charge on any atom is 0.335 e. The van der Waals surface area contributed by atoms with Gasteiger partial charge in [-0.3, -0.25) is 14.5 Å². The first-order valence-corrected chi connectivity index (χ1v) is 7.91. The van der Waals surface area contributed by atoms with Gasteiger partial charge < -0.3 is 9.52 Å². The summed E-state index contributed by atoms with van der Waals surface area (Å²) in [5.41, 5.74) is 0.513. The van der Waals surface area contributed by atoms with Crippen LogP contribution in [0, 0.1) is 0 Å². The Labute approximate surface area is 145 Å². The average molecular weight is 364 g/mol. The van der Waals surface area contributed by atoms with Gasteiger partial charge in [0.2, 0.25) is 0 Å². The number of furan rings is 1. The number of benzene rings is 1. The van der Waals surface area contributed by atoms with Crippen LogP contribution < -0.4 is 0 Å². The number of carbonyl (C=O) groups excluding carboxylic acids is 2. The first-order chi connectivity index (χ1) is 11.4. The molecule has 1 fully saturated rings. The number of rotatable bonds is 3. The van der Waals surface area contributed by atoms with E-state index < -0.39 is 11.9 Å². The molecule has 1 aliphatic heterocycles. The zero-order chi connectivity index (χ0) is 17.4. The maximum atomic E-state index is 11.9. The zero-order valence-corrected chi connectivity index (χ0v) is 13.9. The Kier molecular flexibility index (Phi) is 4.21. The molecule has 6 nitrogen and oxygen atoms in total. The first-order valence-electron chi connectivity index (χ1n) is 6.71. The largest absolute Gasteiger partial charge is 0.478 e.